The highest BCUT2D eigenvalue weighted by Gasteiger charge is 2.81. The van der Waals surface area contributed by atoms with Gasteiger partial charge in [0, 0.05) is 29.4 Å². The zero-order valence-electron chi connectivity index (χ0n) is 23.6. The number of aliphatic hydroxyl groups excluding tert-OH is 2. The molecule has 9 heteroatoms. The van der Waals surface area contributed by atoms with Gasteiger partial charge in [-0.2, -0.15) is 0 Å². The Bertz CT molecular complexity index is 1050. The summed E-state index contributed by atoms with van der Waals surface area (Å²) in [6.45, 7) is 8.59. The van der Waals surface area contributed by atoms with Gasteiger partial charge in [-0.3, -0.25) is 0 Å². The van der Waals surface area contributed by atoms with E-state index in [1.807, 2.05) is 6.92 Å². The predicted octanol–water partition coefficient (Wildman–Crippen LogP) is 2.95. The molecule has 9 nitrogen and oxygen atoms in total. The van der Waals surface area contributed by atoms with E-state index in [1.165, 1.54) is 30.9 Å². The van der Waals surface area contributed by atoms with Gasteiger partial charge in [-0.05, 0) is 40.0 Å². The minimum atomic E-state index is -0.759. The second-order valence-electron chi connectivity index (χ2n) is 11.5. The zero-order valence-corrected chi connectivity index (χ0v) is 23.6. The molecule has 4 aliphatic rings. The van der Waals surface area contributed by atoms with E-state index in [1.54, 1.807) is 19.1 Å². The molecule has 0 aromatic rings. The lowest BCUT2D eigenvalue weighted by molar-refractivity contribution is -0.229. The fourth-order valence-corrected chi connectivity index (χ4v) is 6.60. The summed E-state index contributed by atoms with van der Waals surface area (Å²) in [5.41, 5.74) is 0.359. The van der Waals surface area contributed by atoms with Gasteiger partial charge < -0.3 is 33.9 Å². The molecule has 8 atom stereocenters. The van der Waals surface area contributed by atoms with Crippen LogP contribution in [0.3, 0.4) is 0 Å². The fourth-order valence-electron chi connectivity index (χ4n) is 6.60. The Hall–Kier alpha value is -2.30. The van der Waals surface area contributed by atoms with Crippen LogP contribution in [0.2, 0.25) is 0 Å². The van der Waals surface area contributed by atoms with Crippen LogP contribution in [0.25, 0.3) is 0 Å². The molecule has 0 aromatic heterocycles. The van der Waals surface area contributed by atoms with Gasteiger partial charge in [0.25, 0.3) is 0 Å². The Labute approximate surface area is 230 Å². The Balaban J connectivity index is 1.35. The highest BCUT2D eigenvalue weighted by molar-refractivity contribution is 5.82. The van der Waals surface area contributed by atoms with Crippen LogP contribution in [0, 0.1) is 10.8 Å². The third kappa shape index (κ3) is 5.52. The number of carbonyl (C=O) groups excluding carboxylic acids is 2. The molecule has 2 aliphatic carbocycles. The molecular formula is C30H42O9. The van der Waals surface area contributed by atoms with Crippen LogP contribution in [0.15, 0.2) is 47.6 Å². The Morgan fingerprint density at radius 1 is 1.28 bits per heavy atom. The normalized spacial score (nSPS) is 37.1. The van der Waals surface area contributed by atoms with Gasteiger partial charge in [-0.25, -0.2) is 9.59 Å². The summed E-state index contributed by atoms with van der Waals surface area (Å²) < 4.78 is 28.6. The summed E-state index contributed by atoms with van der Waals surface area (Å²) >= 11 is 0. The van der Waals surface area contributed by atoms with Crippen LogP contribution in [-0.2, 0) is 33.3 Å². The van der Waals surface area contributed by atoms with Crippen molar-refractivity contribution < 1.29 is 43.5 Å². The number of ether oxygens (including phenoxy) is 5. The SMILES string of the molecule is COC(=O)/C=C/C=C/[C@@H](OCC/C(C)=C/C(=O)OC[C@]12CCC(C)=C[C@H]1O[C@@H]1C[C@@H](O)[C@@]2(C)[C@]12CO2)[C@@H](C)O. The number of methoxy groups -OCH3 is 1. The van der Waals surface area contributed by atoms with Gasteiger partial charge in [0.1, 0.15) is 18.3 Å². The maximum absolute atomic E-state index is 12.9. The van der Waals surface area contributed by atoms with Crippen molar-refractivity contribution in [3.8, 4) is 0 Å². The Kier molecular flexibility index (Phi) is 8.88. The van der Waals surface area contributed by atoms with Crippen molar-refractivity contribution in [1.29, 1.82) is 0 Å². The number of aliphatic hydroxyl groups is 2. The molecule has 2 aliphatic heterocycles. The first-order valence-corrected chi connectivity index (χ1v) is 13.7. The highest BCUT2D eigenvalue weighted by Crippen LogP contribution is 2.71. The number of allylic oxidation sites excluding steroid dienone is 3. The van der Waals surface area contributed by atoms with E-state index in [2.05, 4.69) is 24.7 Å². The molecule has 0 amide bonds. The third-order valence-electron chi connectivity index (χ3n) is 9.21. The molecule has 1 spiro atoms. The first-order chi connectivity index (χ1) is 18.5. The summed E-state index contributed by atoms with van der Waals surface area (Å²) in [4.78, 5) is 24.0. The molecule has 1 saturated carbocycles. The minimum absolute atomic E-state index is 0.139. The van der Waals surface area contributed by atoms with E-state index < -0.39 is 46.7 Å². The number of hydrogen-bond acceptors (Lipinski definition) is 9. The van der Waals surface area contributed by atoms with E-state index >= 15 is 0 Å². The zero-order chi connectivity index (χ0) is 28.4. The lowest BCUT2D eigenvalue weighted by atomic mass is 9.51. The van der Waals surface area contributed by atoms with Gasteiger partial charge in [0.2, 0.25) is 0 Å². The summed E-state index contributed by atoms with van der Waals surface area (Å²) in [5.74, 6) is -0.920. The van der Waals surface area contributed by atoms with Gasteiger partial charge in [0.15, 0.2) is 0 Å². The minimum Gasteiger partial charge on any atom is -0.466 e. The van der Waals surface area contributed by atoms with Crippen LogP contribution in [-0.4, -0.2) is 85.2 Å². The molecule has 0 radical (unpaired) electrons. The van der Waals surface area contributed by atoms with Crippen LogP contribution in [0.4, 0.5) is 0 Å². The molecule has 4 rings (SSSR count). The quantitative estimate of drug-likeness (QED) is 0.132. The predicted molar refractivity (Wildman–Crippen MR) is 143 cm³/mol. The van der Waals surface area contributed by atoms with E-state index in [4.69, 9.17) is 18.9 Å². The molecule has 2 bridgehead atoms. The summed E-state index contributed by atoms with van der Waals surface area (Å²) in [6, 6.07) is 0. The lowest BCUT2D eigenvalue weighted by Gasteiger charge is -2.58. The Morgan fingerprint density at radius 2 is 2.03 bits per heavy atom. The topological polar surface area (TPSA) is 124 Å². The number of hydrogen-bond donors (Lipinski definition) is 2. The van der Waals surface area contributed by atoms with Crippen molar-refractivity contribution in [1.82, 2.24) is 0 Å². The second-order valence-corrected chi connectivity index (χ2v) is 11.5. The van der Waals surface area contributed by atoms with Gasteiger partial charge >= 0.3 is 11.9 Å². The first kappa shape index (κ1) is 29.7. The lowest BCUT2D eigenvalue weighted by Crippen LogP contribution is -2.66. The maximum Gasteiger partial charge on any atom is 0.330 e. The molecule has 2 N–H and O–H groups in total. The number of rotatable bonds is 11. The van der Waals surface area contributed by atoms with Crippen LogP contribution in [0.1, 0.15) is 53.4 Å². The van der Waals surface area contributed by atoms with Crippen molar-refractivity contribution in [2.24, 2.45) is 10.8 Å². The number of carbonyl (C=O) groups is 2. The molecule has 216 valence electrons. The molecule has 0 aromatic carbocycles. The van der Waals surface area contributed by atoms with Gasteiger partial charge in [-0.15, -0.1) is 0 Å². The van der Waals surface area contributed by atoms with E-state index in [0.717, 1.165) is 18.4 Å². The van der Waals surface area contributed by atoms with Gasteiger partial charge in [0.05, 0.1) is 44.7 Å². The maximum atomic E-state index is 12.9. The van der Waals surface area contributed by atoms with E-state index in [-0.39, 0.29) is 25.4 Å². The van der Waals surface area contributed by atoms with Gasteiger partial charge in [-0.1, -0.05) is 42.4 Å². The molecule has 2 heterocycles. The standard InChI is InChI=1S/C30H42O9/c1-19-10-12-29(24(14-19)39-25-16-23(32)28(29,4)30(25)18-38-30)17-37-27(34)15-20(2)11-13-36-22(21(3)31)8-6-7-9-26(33)35-5/h6-9,14-15,21-25,31-32H,10-13,16-18H2,1-5H3/b8-6+,9-7+,20-15+/t21-,22-,23-,24-,25-,28-,29-,30+/m1/s1. The highest BCUT2D eigenvalue weighted by atomic mass is 16.6. The number of esters is 2. The summed E-state index contributed by atoms with van der Waals surface area (Å²) in [5, 5.41) is 21.2. The fraction of sp³-hybridized carbons (Fsp3) is 0.667. The van der Waals surface area contributed by atoms with Crippen molar-refractivity contribution in [3.63, 3.8) is 0 Å². The third-order valence-corrected chi connectivity index (χ3v) is 9.21. The van der Waals surface area contributed by atoms with E-state index in [9.17, 15) is 19.8 Å². The average molecular weight is 547 g/mol. The van der Waals surface area contributed by atoms with Crippen molar-refractivity contribution in [2.75, 3.05) is 26.9 Å². The smallest absolute Gasteiger partial charge is 0.330 e. The van der Waals surface area contributed by atoms with Crippen molar-refractivity contribution >= 4 is 11.9 Å². The van der Waals surface area contributed by atoms with Crippen molar-refractivity contribution in [3.05, 3.63) is 47.6 Å². The second kappa shape index (κ2) is 11.7. The van der Waals surface area contributed by atoms with Crippen LogP contribution in [0.5, 0.6) is 0 Å². The van der Waals surface area contributed by atoms with E-state index in [0.29, 0.717) is 19.4 Å². The van der Waals surface area contributed by atoms with Crippen LogP contribution >= 0.6 is 0 Å². The average Bonchev–Trinajstić information content (AvgIpc) is 3.67. The molecule has 3 fully saturated rings. The Morgan fingerprint density at radius 3 is 2.69 bits per heavy atom. The number of epoxide rings is 1. The first-order valence-electron chi connectivity index (χ1n) is 13.7. The van der Waals surface area contributed by atoms with Crippen molar-refractivity contribution in [2.45, 2.75) is 89.5 Å². The van der Waals surface area contributed by atoms with Crippen LogP contribution < -0.4 is 0 Å². The largest absolute Gasteiger partial charge is 0.466 e. The molecular weight excluding hydrogens is 504 g/mol. The molecule has 0 unspecified atom stereocenters. The number of fused-ring (bicyclic) bond motifs is 2. The summed E-state index contributed by atoms with van der Waals surface area (Å²) in [7, 11) is 1.30. The monoisotopic (exact) mass is 546 g/mol. The molecule has 2 saturated heterocycles. The summed E-state index contributed by atoms with van der Waals surface area (Å²) in [6.07, 6.45) is 9.91. The molecule has 39 heavy (non-hydrogen) atoms.